The molecule has 2 aromatic rings. The smallest absolute Gasteiger partial charge is 0.228 e. The van der Waals surface area contributed by atoms with Crippen LogP contribution in [0.15, 0.2) is 42.5 Å². The van der Waals surface area contributed by atoms with Gasteiger partial charge in [0.15, 0.2) is 0 Å². The van der Waals surface area contributed by atoms with Gasteiger partial charge < -0.3 is 5.32 Å². The molecular weight excluding hydrogens is 258 g/mol. The van der Waals surface area contributed by atoms with Crippen LogP contribution in [0.2, 0.25) is 5.02 Å². The van der Waals surface area contributed by atoms with Crippen molar-refractivity contribution in [2.24, 2.45) is 0 Å². The summed E-state index contributed by atoms with van der Waals surface area (Å²) in [6, 6.07) is 13.4. The van der Waals surface area contributed by atoms with E-state index in [1.165, 1.54) is 0 Å². The van der Waals surface area contributed by atoms with Gasteiger partial charge in [-0.05, 0) is 42.7 Å². The number of rotatable bonds is 3. The van der Waals surface area contributed by atoms with Crippen LogP contribution in [0.5, 0.6) is 0 Å². The molecule has 2 aromatic carbocycles. The van der Waals surface area contributed by atoms with Crippen molar-refractivity contribution in [1.29, 1.82) is 0 Å². The van der Waals surface area contributed by atoms with Gasteiger partial charge in [0.2, 0.25) is 5.91 Å². The average molecular weight is 274 g/mol. The van der Waals surface area contributed by atoms with Crippen LogP contribution < -0.4 is 5.32 Å². The Kier molecular flexibility index (Phi) is 4.23. The zero-order valence-corrected chi connectivity index (χ0v) is 11.8. The van der Waals surface area contributed by atoms with Crippen molar-refractivity contribution in [2.45, 2.75) is 20.3 Å². The Morgan fingerprint density at radius 2 is 1.89 bits per heavy atom. The van der Waals surface area contributed by atoms with Gasteiger partial charge >= 0.3 is 0 Å². The second kappa shape index (κ2) is 5.89. The Morgan fingerprint density at radius 1 is 1.16 bits per heavy atom. The summed E-state index contributed by atoms with van der Waals surface area (Å²) in [6.07, 6.45) is 0.285. The van der Waals surface area contributed by atoms with Gasteiger partial charge in [-0.3, -0.25) is 4.79 Å². The summed E-state index contributed by atoms with van der Waals surface area (Å²) < 4.78 is 0. The van der Waals surface area contributed by atoms with Gasteiger partial charge in [0.1, 0.15) is 0 Å². The van der Waals surface area contributed by atoms with Crippen LogP contribution in [0.1, 0.15) is 16.7 Å². The molecule has 0 aromatic heterocycles. The molecule has 0 saturated heterocycles. The molecule has 0 unspecified atom stereocenters. The van der Waals surface area contributed by atoms with Gasteiger partial charge in [0.25, 0.3) is 0 Å². The van der Waals surface area contributed by atoms with Crippen LogP contribution >= 0.6 is 11.6 Å². The molecule has 0 fully saturated rings. The van der Waals surface area contributed by atoms with E-state index >= 15 is 0 Å². The molecule has 1 N–H and O–H groups in total. The molecule has 98 valence electrons. The lowest BCUT2D eigenvalue weighted by molar-refractivity contribution is -0.115. The zero-order valence-electron chi connectivity index (χ0n) is 11.0. The van der Waals surface area contributed by atoms with E-state index in [0.717, 1.165) is 22.4 Å². The normalized spacial score (nSPS) is 10.3. The van der Waals surface area contributed by atoms with Crippen LogP contribution in [-0.4, -0.2) is 5.91 Å². The molecule has 0 heterocycles. The third kappa shape index (κ3) is 3.58. The van der Waals surface area contributed by atoms with Crippen LogP contribution in [0, 0.1) is 13.8 Å². The maximum absolute atomic E-state index is 12.0. The highest BCUT2D eigenvalue weighted by atomic mass is 35.5. The van der Waals surface area contributed by atoms with E-state index < -0.39 is 0 Å². The molecule has 0 aliphatic heterocycles. The van der Waals surface area contributed by atoms with E-state index in [-0.39, 0.29) is 12.3 Å². The highest BCUT2D eigenvalue weighted by molar-refractivity contribution is 6.31. The van der Waals surface area contributed by atoms with Crippen LogP contribution in [0.25, 0.3) is 0 Å². The summed E-state index contributed by atoms with van der Waals surface area (Å²) in [5, 5.41) is 3.55. The van der Waals surface area contributed by atoms with E-state index in [2.05, 4.69) is 5.32 Å². The monoisotopic (exact) mass is 273 g/mol. The van der Waals surface area contributed by atoms with Crippen molar-refractivity contribution in [3.63, 3.8) is 0 Å². The van der Waals surface area contributed by atoms with Gasteiger partial charge in [-0.15, -0.1) is 0 Å². The number of hydrogen-bond donors (Lipinski definition) is 1. The molecule has 0 aliphatic rings. The Labute approximate surface area is 118 Å². The van der Waals surface area contributed by atoms with E-state index in [1.54, 1.807) is 6.07 Å². The summed E-state index contributed by atoms with van der Waals surface area (Å²) in [4.78, 5) is 12.0. The molecule has 0 bridgehead atoms. The number of anilines is 1. The second-order valence-corrected chi connectivity index (χ2v) is 5.04. The highest BCUT2D eigenvalue weighted by Crippen LogP contribution is 2.19. The predicted octanol–water partition coefficient (Wildman–Crippen LogP) is 4.14. The number of halogens is 1. The molecule has 0 spiro atoms. The second-order valence-electron chi connectivity index (χ2n) is 4.63. The summed E-state index contributed by atoms with van der Waals surface area (Å²) in [5.41, 5.74) is 3.88. The molecule has 2 nitrogen and oxygen atoms in total. The quantitative estimate of drug-likeness (QED) is 0.895. The molecule has 19 heavy (non-hydrogen) atoms. The summed E-state index contributed by atoms with van der Waals surface area (Å²) in [6.45, 7) is 3.98. The van der Waals surface area contributed by atoms with Gasteiger partial charge in [0, 0.05) is 10.7 Å². The first-order valence-corrected chi connectivity index (χ1v) is 6.54. The number of amides is 1. The number of hydrogen-bond acceptors (Lipinski definition) is 1. The highest BCUT2D eigenvalue weighted by Gasteiger charge is 2.08. The lowest BCUT2D eigenvalue weighted by Crippen LogP contribution is -2.15. The first-order chi connectivity index (χ1) is 9.06. The fraction of sp³-hybridized carbons (Fsp3) is 0.188. The summed E-state index contributed by atoms with van der Waals surface area (Å²) in [7, 11) is 0. The van der Waals surface area contributed by atoms with Crippen LogP contribution in [0.4, 0.5) is 5.69 Å². The molecule has 0 radical (unpaired) electrons. The third-order valence-corrected chi connectivity index (χ3v) is 3.34. The van der Waals surface area contributed by atoms with Gasteiger partial charge in [0.05, 0.1) is 6.42 Å². The zero-order chi connectivity index (χ0) is 13.8. The van der Waals surface area contributed by atoms with Gasteiger partial charge in [-0.25, -0.2) is 0 Å². The number of carbonyl (C=O) groups excluding carboxylic acids is 1. The predicted molar refractivity (Wildman–Crippen MR) is 79.7 cm³/mol. The summed E-state index contributed by atoms with van der Waals surface area (Å²) in [5.74, 6) is -0.0539. The molecule has 1 amide bonds. The minimum atomic E-state index is -0.0539. The van der Waals surface area contributed by atoms with Crippen molar-refractivity contribution in [3.8, 4) is 0 Å². The Balaban J connectivity index is 2.10. The van der Waals surface area contributed by atoms with Gasteiger partial charge in [-0.2, -0.15) is 0 Å². The standard InChI is InChI=1S/C16H16ClNO/c1-11-7-8-12(2)15(9-11)18-16(19)10-13-5-3-4-6-14(13)17/h3-9H,10H2,1-2H3,(H,18,19). The largest absolute Gasteiger partial charge is 0.326 e. The van der Waals surface area contributed by atoms with Crippen molar-refractivity contribution >= 4 is 23.2 Å². The maximum atomic E-state index is 12.0. The average Bonchev–Trinajstić information content (AvgIpc) is 2.37. The molecule has 3 heteroatoms. The Morgan fingerprint density at radius 3 is 2.63 bits per heavy atom. The van der Waals surface area contributed by atoms with Crippen molar-refractivity contribution < 1.29 is 4.79 Å². The van der Waals surface area contributed by atoms with E-state index in [1.807, 2.05) is 50.2 Å². The summed E-state index contributed by atoms with van der Waals surface area (Å²) >= 11 is 6.05. The lowest BCUT2D eigenvalue weighted by Gasteiger charge is -2.10. The fourth-order valence-corrected chi connectivity index (χ4v) is 2.08. The topological polar surface area (TPSA) is 29.1 Å². The van der Waals surface area contributed by atoms with E-state index in [0.29, 0.717) is 5.02 Å². The van der Waals surface area contributed by atoms with Crippen LogP contribution in [-0.2, 0) is 11.2 Å². The number of benzene rings is 2. The number of nitrogens with one attached hydrogen (secondary N) is 1. The molecular formula is C16H16ClNO. The van der Waals surface area contributed by atoms with Crippen molar-refractivity contribution in [1.82, 2.24) is 0 Å². The van der Waals surface area contributed by atoms with Gasteiger partial charge in [-0.1, -0.05) is 41.9 Å². The Bertz CT molecular complexity index is 607. The first kappa shape index (κ1) is 13.6. The van der Waals surface area contributed by atoms with E-state index in [4.69, 9.17) is 11.6 Å². The molecule has 0 saturated carbocycles. The molecule has 0 atom stereocenters. The minimum absolute atomic E-state index is 0.0539. The van der Waals surface area contributed by atoms with Crippen molar-refractivity contribution in [2.75, 3.05) is 5.32 Å². The van der Waals surface area contributed by atoms with E-state index in [9.17, 15) is 4.79 Å². The Hall–Kier alpha value is -1.80. The first-order valence-electron chi connectivity index (χ1n) is 6.17. The fourth-order valence-electron chi connectivity index (χ4n) is 1.88. The molecule has 2 rings (SSSR count). The van der Waals surface area contributed by atoms with Crippen LogP contribution in [0.3, 0.4) is 0 Å². The van der Waals surface area contributed by atoms with Crippen molar-refractivity contribution in [3.05, 3.63) is 64.2 Å². The number of carbonyl (C=O) groups is 1. The maximum Gasteiger partial charge on any atom is 0.228 e. The lowest BCUT2D eigenvalue weighted by atomic mass is 10.1. The number of aryl methyl sites for hydroxylation is 2. The molecule has 0 aliphatic carbocycles. The SMILES string of the molecule is Cc1ccc(C)c(NC(=O)Cc2ccccc2Cl)c1. The third-order valence-electron chi connectivity index (χ3n) is 2.98. The minimum Gasteiger partial charge on any atom is -0.326 e.